The van der Waals surface area contributed by atoms with Crippen LogP contribution in [0.25, 0.3) is 0 Å². The van der Waals surface area contributed by atoms with E-state index in [0.29, 0.717) is 26.2 Å². The predicted octanol–water partition coefficient (Wildman–Crippen LogP) is 3.78. The first kappa shape index (κ1) is 23.8. The van der Waals surface area contributed by atoms with Crippen molar-refractivity contribution in [1.29, 1.82) is 0 Å². The van der Waals surface area contributed by atoms with Gasteiger partial charge in [-0.2, -0.15) is 13.2 Å². The van der Waals surface area contributed by atoms with Crippen molar-refractivity contribution in [2.45, 2.75) is 19.1 Å². The lowest BCUT2D eigenvalue weighted by atomic mass is 10.1. The number of alkyl halides is 3. The number of halogens is 4. The van der Waals surface area contributed by atoms with E-state index in [-0.39, 0.29) is 24.3 Å². The van der Waals surface area contributed by atoms with Gasteiger partial charge >= 0.3 is 12.2 Å². The van der Waals surface area contributed by atoms with Crippen molar-refractivity contribution in [3.63, 3.8) is 0 Å². The molecule has 2 N–H and O–H groups in total. The molecule has 2 heterocycles. The van der Waals surface area contributed by atoms with E-state index in [1.54, 1.807) is 17.3 Å². The number of urea groups is 1. The number of hydrogen-bond donors (Lipinski definition) is 2. The van der Waals surface area contributed by atoms with E-state index in [1.165, 1.54) is 6.07 Å². The standard InChI is InChI=1S/C21H23ClF3N5O2/c1-14(15-4-6-26-7-5-15)27-20(32)30-10-8-29(9-11-30)13-19(31)28-16-2-3-18(22)17(12-16)21(23,24)25/h2-7,12,14H,8-11,13H2,1H3,(H,27,32)(H,28,31). The summed E-state index contributed by atoms with van der Waals surface area (Å²) in [5.41, 5.74) is -0.0352. The number of piperazine rings is 1. The van der Waals surface area contributed by atoms with Gasteiger partial charge in [-0.1, -0.05) is 11.6 Å². The second-order valence-corrected chi connectivity index (χ2v) is 7.86. The van der Waals surface area contributed by atoms with E-state index in [4.69, 9.17) is 11.6 Å². The molecule has 3 amide bonds. The van der Waals surface area contributed by atoms with Crippen LogP contribution in [0.2, 0.25) is 5.02 Å². The summed E-state index contributed by atoms with van der Waals surface area (Å²) >= 11 is 5.60. The molecule has 1 fully saturated rings. The minimum absolute atomic E-state index is 0.00680. The highest BCUT2D eigenvalue weighted by Crippen LogP contribution is 2.36. The van der Waals surface area contributed by atoms with Crippen LogP contribution in [-0.2, 0) is 11.0 Å². The summed E-state index contributed by atoms with van der Waals surface area (Å²) in [4.78, 5) is 32.2. The Bertz CT molecular complexity index is 950. The molecule has 1 unspecified atom stereocenters. The molecule has 1 saturated heterocycles. The second kappa shape index (κ2) is 10.2. The number of nitrogens with zero attached hydrogens (tertiary/aromatic N) is 3. The number of rotatable bonds is 5. The van der Waals surface area contributed by atoms with Crippen molar-refractivity contribution in [3.05, 3.63) is 58.9 Å². The zero-order valence-corrected chi connectivity index (χ0v) is 18.1. The summed E-state index contributed by atoms with van der Waals surface area (Å²) in [6.07, 6.45) is -1.28. The molecular formula is C21H23ClF3N5O2. The van der Waals surface area contributed by atoms with Crippen molar-refractivity contribution in [3.8, 4) is 0 Å². The van der Waals surface area contributed by atoms with E-state index in [0.717, 1.165) is 17.7 Å². The molecule has 32 heavy (non-hydrogen) atoms. The highest BCUT2D eigenvalue weighted by Gasteiger charge is 2.33. The molecule has 1 aliphatic rings. The summed E-state index contributed by atoms with van der Waals surface area (Å²) in [5, 5.41) is 4.98. The number of amides is 3. The minimum Gasteiger partial charge on any atom is -0.331 e. The molecule has 0 radical (unpaired) electrons. The Morgan fingerprint density at radius 3 is 2.41 bits per heavy atom. The Labute approximate surface area is 188 Å². The lowest BCUT2D eigenvalue weighted by Crippen LogP contribution is -2.53. The first-order valence-corrected chi connectivity index (χ1v) is 10.4. The van der Waals surface area contributed by atoms with Crippen molar-refractivity contribution in [2.75, 3.05) is 38.0 Å². The van der Waals surface area contributed by atoms with E-state index >= 15 is 0 Å². The zero-order chi connectivity index (χ0) is 23.3. The van der Waals surface area contributed by atoms with Crippen LogP contribution in [0.1, 0.15) is 24.1 Å². The van der Waals surface area contributed by atoms with E-state index < -0.39 is 22.7 Å². The van der Waals surface area contributed by atoms with Gasteiger partial charge in [0.15, 0.2) is 0 Å². The normalized spacial score (nSPS) is 15.8. The summed E-state index contributed by atoms with van der Waals surface area (Å²) < 4.78 is 38.9. The predicted molar refractivity (Wildman–Crippen MR) is 114 cm³/mol. The third kappa shape index (κ3) is 6.33. The molecule has 0 bridgehead atoms. The van der Waals surface area contributed by atoms with Gasteiger partial charge in [-0.05, 0) is 42.8 Å². The zero-order valence-electron chi connectivity index (χ0n) is 17.3. The third-order valence-electron chi connectivity index (χ3n) is 5.13. The topological polar surface area (TPSA) is 77.6 Å². The van der Waals surface area contributed by atoms with Gasteiger partial charge in [0, 0.05) is 44.3 Å². The fraction of sp³-hybridized carbons (Fsp3) is 0.381. The largest absolute Gasteiger partial charge is 0.417 e. The second-order valence-electron chi connectivity index (χ2n) is 7.46. The smallest absolute Gasteiger partial charge is 0.331 e. The molecule has 1 atom stereocenters. The van der Waals surface area contributed by atoms with Gasteiger partial charge < -0.3 is 15.5 Å². The molecule has 0 aliphatic carbocycles. The first-order valence-electron chi connectivity index (χ1n) is 9.98. The van der Waals surface area contributed by atoms with Gasteiger partial charge in [0.25, 0.3) is 0 Å². The third-order valence-corrected chi connectivity index (χ3v) is 5.46. The Morgan fingerprint density at radius 2 is 1.78 bits per heavy atom. The molecule has 172 valence electrons. The summed E-state index contributed by atoms with van der Waals surface area (Å²) in [6, 6.07) is 6.53. The maximum atomic E-state index is 13.0. The van der Waals surface area contributed by atoms with Crippen LogP contribution in [0.3, 0.4) is 0 Å². The average Bonchev–Trinajstić information content (AvgIpc) is 2.75. The van der Waals surface area contributed by atoms with E-state index in [1.807, 2.05) is 24.0 Å². The number of carbonyl (C=O) groups is 2. The molecule has 0 saturated carbocycles. The molecule has 1 aromatic heterocycles. The summed E-state index contributed by atoms with van der Waals surface area (Å²) in [7, 11) is 0. The molecule has 7 nitrogen and oxygen atoms in total. The van der Waals surface area contributed by atoms with Gasteiger partial charge in [-0.3, -0.25) is 14.7 Å². The number of nitrogens with one attached hydrogen (secondary N) is 2. The fourth-order valence-corrected chi connectivity index (χ4v) is 3.57. The van der Waals surface area contributed by atoms with Gasteiger partial charge in [-0.25, -0.2) is 4.79 Å². The Kier molecular flexibility index (Phi) is 7.57. The quantitative estimate of drug-likeness (QED) is 0.698. The number of benzene rings is 1. The number of anilines is 1. The molecule has 11 heteroatoms. The fourth-order valence-electron chi connectivity index (χ4n) is 3.34. The summed E-state index contributed by atoms with van der Waals surface area (Å²) in [6.45, 7) is 3.70. The van der Waals surface area contributed by atoms with Crippen LogP contribution in [-0.4, -0.2) is 59.4 Å². The van der Waals surface area contributed by atoms with Crippen LogP contribution < -0.4 is 10.6 Å². The molecule has 3 rings (SSSR count). The van der Waals surface area contributed by atoms with Gasteiger partial charge in [0.2, 0.25) is 5.91 Å². The van der Waals surface area contributed by atoms with Gasteiger partial charge in [-0.15, -0.1) is 0 Å². The lowest BCUT2D eigenvalue weighted by Gasteiger charge is -2.35. The number of hydrogen-bond acceptors (Lipinski definition) is 4. The van der Waals surface area contributed by atoms with Crippen molar-refractivity contribution >= 4 is 29.2 Å². The first-order chi connectivity index (χ1) is 15.1. The van der Waals surface area contributed by atoms with Crippen molar-refractivity contribution < 1.29 is 22.8 Å². The number of carbonyl (C=O) groups excluding carboxylic acids is 2. The van der Waals surface area contributed by atoms with E-state index in [9.17, 15) is 22.8 Å². The molecule has 0 spiro atoms. The van der Waals surface area contributed by atoms with Crippen LogP contribution >= 0.6 is 11.6 Å². The maximum Gasteiger partial charge on any atom is 0.417 e. The van der Waals surface area contributed by atoms with Crippen molar-refractivity contribution in [1.82, 2.24) is 20.1 Å². The monoisotopic (exact) mass is 469 g/mol. The van der Waals surface area contributed by atoms with Crippen LogP contribution in [0.15, 0.2) is 42.7 Å². The molecule has 2 aromatic rings. The van der Waals surface area contributed by atoms with Gasteiger partial charge in [0.05, 0.1) is 23.2 Å². The van der Waals surface area contributed by atoms with E-state index in [2.05, 4.69) is 15.6 Å². The van der Waals surface area contributed by atoms with Crippen molar-refractivity contribution in [2.24, 2.45) is 0 Å². The Balaban J connectivity index is 1.46. The highest BCUT2D eigenvalue weighted by molar-refractivity contribution is 6.31. The molecular weight excluding hydrogens is 447 g/mol. The summed E-state index contributed by atoms with van der Waals surface area (Å²) in [5.74, 6) is -0.440. The Morgan fingerprint density at radius 1 is 1.12 bits per heavy atom. The number of pyridine rings is 1. The molecule has 1 aromatic carbocycles. The highest BCUT2D eigenvalue weighted by atomic mass is 35.5. The van der Waals surface area contributed by atoms with Crippen LogP contribution in [0, 0.1) is 0 Å². The van der Waals surface area contributed by atoms with Crippen LogP contribution in [0.4, 0.5) is 23.7 Å². The Hall–Kier alpha value is -2.85. The number of aromatic nitrogens is 1. The maximum absolute atomic E-state index is 13.0. The SMILES string of the molecule is CC(NC(=O)N1CCN(CC(=O)Nc2ccc(Cl)c(C(F)(F)F)c2)CC1)c1ccncc1. The molecule has 1 aliphatic heterocycles. The lowest BCUT2D eigenvalue weighted by molar-refractivity contribution is -0.137. The minimum atomic E-state index is -4.61. The van der Waals surface area contributed by atoms with Crippen LogP contribution in [0.5, 0.6) is 0 Å². The average molecular weight is 470 g/mol. The van der Waals surface area contributed by atoms with Gasteiger partial charge in [0.1, 0.15) is 0 Å².